The Morgan fingerprint density at radius 2 is 1.50 bits per heavy atom. The van der Waals surface area contributed by atoms with Crippen molar-refractivity contribution in [2.75, 3.05) is 10.0 Å². The molecule has 2 rings (SSSR count). The number of sulfonamides is 2. The number of carbonyl (C=O) groups is 1. The summed E-state index contributed by atoms with van der Waals surface area (Å²) in [5.74, 6) is -0.846. The molecular formula is C17H21N3O6S2. The van der Waals surface area contributed by atoms with Gasteiger partial charge in [-0.3, -0.25) is 9.52 Å². The van der Waals surface area contributed by atoms with Gasteiger partial charge in [-0.2, -0.15) is 0 Å². The van der Waals surface area contributed by atoms with Gasteiger partial charge in [0.15, 0.2) is 0 Å². The lowest BCUT2D eigenvalue weighted by Crippen LogP contribution is -2.27. The molecule has 0 fully saturated rings. The minimum atomic E-state index is -4.30. The quantitative estimate of drug-likeness (QED) is 0.570. The molecule has 0 spiro atoms. The van der Waals surface area contributed by atoms with E-state index in [1.165, 1.54) is 24.3 Å². The van der Waals surface area contributed by atoms with Crippen LogP contribution in [0.1, 0.15) is 20.8 Å². The van der Waals surface area contributed by atoms with Crippen molar-refractivity contribution >= 4 is 37.3 Å². The van der Waals surface area contributed by atoms with Gasteiger partial charge in [0, 0.05) is 16.8 Å². The van der Waals surface area contributed by atoms with Crippen LogP contribution in [0.4, 0.5) is 11.4 Å². The number of nitrogens with one attached hydrogen (secondary N) is 2. The lowest BCUT2D eigenvalue weighted by Gasteiger charge is -2.17. The van der Waals surface area contributed by atoms with Gasteiger partial charge < -0.3 is 10.4 Å². The second kappa shape index (κ2) is 7.41. The molecule has 0 aliphatic heterocycles. The third kappa shape index (κ3) is 5.21. The van der Waals surface area contributed by atoms with Crippen LogP contribution in [0.3, 0.4) is 0 Å². The summed E-state index contributed by atoms with van der Waals surface area (Å²) in [4.78, 5) is 10.9. The lowest BCUT2D eigenvalue weighted by molar-refractivity contribution is -0.123. The molecule has 11 heteroatoms. The van der Waals surface area contributed by atoms with Crippen LogP contribution in [0, 0.1) is 5.41 Å². The Bertz CT molecular complexity index is 1100. The third-order valence-corrected chi connectivity index (χ3v) is 5.94. The van der Waals surface area contributed by atoms with E-state index in [2.05, 4.69) is 10.0 Å². The Hall–Kier alpha value is -2.63. The van der Waals surface area contributed by atoms with Crippen LogP contribution in [0.15, 0.2) is 52.3 Å². The molecule has 2 aromatic rings. The normalized spacial score (nSPS) is 12.4. The van der Waals surface area contributed by atoms with Crippen molar-refractivity contribution in [2.45, 2.75) is 30.6 Å². The van der Waals surface area contributed by atoms with E-state index in [-0.39, 0.29) is 16.5 Å². The maximum absolute atomic E-state index is 12.5. The lowest BCUT2D eigenvalue weighted by atomic mass is 9.95. The predicted octanol–water partition coefficient (Wildman–Crippen LogP) is 1.82. The summed E-state index contributed by atoms with van der Waals surface area (Å²) >= 11 is 0. The number of aromatic hydroxyl groups is 1. The molecule has 0 aliphatic carbocycles. The Morgan fingerprint density at radius 1 is 0.964 bits per heavy atom. The van der Waals surface area contributed by atoms with Crippen LogP contribution in [0.5, 0.6) is 5.75 Å². The molecule has 0 aromatic heterocycles. The van der Waals surface area contributed by atoms with E-state index >= 15 is 0 Å². The first kappa shape index (κ1) is 21.7. The zero-order valence-corrected chi connectivity index (χ0v) is 17.1. The average Bonchev–Trinajstić information content (AvgIpc) is 2.54. The van der Waals surface area contributed by atoms with E-state index in [1.54, 1.807) is 20.8 Å². The van der Waals surface area contributed by atoms with E-state index < -0.39 is 36.1 Å². The van der Waals surface area contributed by atoms with Crippen LogP contribution in [0.2, 0.25) is 0 Å². The molecule has 0 radical (unpaired) electrons. The van der Waals surface area contributed by atoms with Gasteiger partial charge in [0.2, 0.25) is 15.9 Å². The molecule has 2 aromatic carbocycles. The van der Waals surface area contributed by atoms with Gasteiger partial charge in [-0.1, -0.05) is 20.8 Å². The maximum atomic E-state index is 12.5. The van der Waals surface area contributed by atoms with Gasteiger partial charge in [0.25, 0.3) is 10.0 Å². The summed E-state index contributed by atoms with van der Waals surface area (Å²) in [5.41, 5.74) is 0.100. The minimum Gasteiger partial charge on any atom is -0.507 e. The van der Waals surface area contributed by atoms with Gasteiger partial charge in [-0.25, -0.2) is 22.0 Å². The van der Waals surface area contributed by atoms with E-state index in [1.807, 2.05) is 0 Å². The molecule has 0 saturated heterocycles. The molecule has 0 unspecified atom stereocenters. The SMILES string of the molecule is CC(C)(C)C(=O)Nc1ccc(NS(=O)(=O)c2ccc(O)c(S(N)(=O)=O)c2)cc1. The van der Waals surface area contributed by atoms with Crippen molar-refractivity contribution < 1.29 is 26.7 Å². The van der Waals surface area contributed by atoms with Crippen LogP contribution in [0.25, 0.3) is 0 Å². The molecule has 0 saturated carbocycles. The fraction of sp³-hybridized carbons (Fsp3) is 0.235. The number of primary sulfonamides is 1. The first-order valence-electron chi connectivity index (χ1n) is 8.00. The highest BCUT2D eigenvalue weighted by Gasteiger charge is 2.22. The second-order valence-corrected chi connectivity index (χ2v) is 10.3. The summed E-state index contributed by atoms with van der Waals surface area (Å²) < 4.78 is 50.2. The minimum absolute atomic E-state index is 0.194. The molecule has 5 N–H and O–H groups in total. The smallest absolute Gasteiger partial charge is 0.261 e. The zero-order chi connectivity index (χ0) is 21.3. The number of phenolic OH excluding ortho intramolecular Hbond substituents is 1. The fourth-order valence-electron chi connectivity index (χ4n) is 2.04. The highest BCUT2D eigenvalue weighted by Crippen LogP contribution is 2.26. The molecule has 1 amide bonds. The Balaban J connectivity index is 2.25. The number of carbonyl (C=O) groups excluding carboxylic acids is 1. The molecule has 0 atom stereocenters. The van der Waals surface area contributed by atoms with Crippen molar-refractivity contribution in [3.05, 3.63) is 42.5 Å². The number of phenols is 1. The van der Waals surface area contributed by atoms with Crippen LogP contribution >= 0.6 is 0 Å². The monoisotopic (exact) mass is 427 g/mol. The topological polar surface area (TPSA) is 156 Å². The Morgan fingerprint density at radius 3 is 2.00 bits per heavy atom. The second-order valence-electron chi connectivity index (χ2n) is 7.06. The molecule has 0 heterocycles. The van der Waals surface area contributed by atoms with E-state index in [0.717, 1.165) is 18.2 Å². The highest BCUT2D eigenvalue weighted by molar-refractivity contribution is 7.93. The molecule has 28 heavy (non-hydrogen) atoms. The van der Waals surface area contributed by atoms with Crippen molar-refractivity contribution in [3.8, 4) is 5.75 Å². The van der Waals surface area contributed by atoms with Crippen LogP contribution in [-0.2, 0) is 24.8 Å². The van der Waals surface area contributed by atoms with Gasteiger partial charge in [-0.05, 0) is 42.5 Å². The standard InChI is InChI=1S/C17H21N3O6S2/c1-17(2,3)16(22)19-11-4-6-12(7-5-11)20-28(25,26)13-8-9-14(21)15(10-13)27(18,23)24/h4-10,20-21H,1-3H3,(H,19,22)(H2,18,23,24). The molecule has 0 aliphatic rings. The summed E-state index contributed by atoms with van der Waals surface area (Å²) in [6.07, 6.45) is 0. The van der Waals surface area contributed by atoms with Crippen molar-refractivity contribution in [1.82, 2.24) is 0 Å². The number of nitrogens with two attached hydrogens (primary N) is 1. The van der Waals surface area contributed by atoms with E-state index in [0.29, 0.717) is 5.69 Å². The number of hydrogen-bond acceptors (Lipinski definition) is 6. The number of rotatable bonds is 5. The number of hydrogen-bond donors (Lipinski definition) is 4. The Kier molecular flexibility index (Phi) is 5.74. The summed E-state index contributed by atoms with van der Waals surface area (Å²) in [6.45, 7) is 5.29. The first-order chi connectivity index (χ1) is 12.7. The fourth-order valence-corrected chi connectivity index (χ4v) is 3.85. The number of benzene rings is 2. The Labute approximate surface area is 163 Å². The first-order valence-corrected chi connectivity index (χ1v) is 11.0. The van der Waals surface area contributed by atoms with Crippen molar-refractivity contribution in [1.29, 1.82) is 0 Å². The van der Waals surface area contributed by atoms with E-state index in [9.17, 15) is 26.7 Å². The van der Waals surface area contributed by atoms with Crippen LogP contribution < -0.4 is 15.2 Å². The molecule has 152 valence electrons. The number of amides is 1. The molecular weight excluding hydrogens is 406 g/mol. The van der Waals surface area contributed by atoms with E-state index in [4.69, 9.17) is 5.14 Å². The van der Waals surface area contributed by atoms with Gasteiger partial charge in [0.05, 0.1) is 4.90 Å². The zero-order valence-electron chi connectivity index (χ0n) is 15.4. The van der Waals surface area contributed by atoms with Gasteiger partial charge >= 0.3 is 0 Å². The molecule has 9 nitrogen and oxygen atoms in total. The average molecular weight is 428 g/mol. The highest BCUT2D eigenvalue weighted by atomic mass is 32.2. The third-order valence-electron chi connectivity index (χ3n) is 3.62. The van der Waals surface area contributed by atoms with Crippen molar-refractivity contribution in [2.24, 2.45) is 10.6 Å². The summed E-state index contributed by atoms with van der Waals surface area (Å²) in [5, 5.41) is 17.3. The number of anilines is 2. The van der Waals surface area contributed by atoms with Crippen molar-refractivity contribution in [3.63, 3.8) is 0 Å². The summed E-state index contributed by atoms with van der Waals surface area (Å²) in [6, 6.07) is 8.67. The van der Waals surface area contributed by atoms with Gasteiger partial charge in [-0.15, -0.1) is 0 Å². The predicted molar refractivity (Wildman–Crippen MR) is 105 cm³/mol. The summed E-state index contributed by atoms with van der Waals surface area (Å²) in [7, 11) is -8.44. The maximum Gasteiger partial charge on any atom is 0.261 e. The van der Waals surface area contributed by atoms with Gasteiger partial charge in [0.1, 0.15) is 10.6 Å². The largest absolute Gasteiger partial charge is 0.507 e. The van der Waals surface area contributed by atoms with Crippen LogP contribution in [-0.4, -0.2) is 27.8 Å². The molecule has 0 bridgehead atoms.